The van der Waals surface area contributed by atoms with Gasteiger partial charge in [0.1, 0.15) is 5.75 Å². The molecule has 4 rings (SSSR count). The third-order valence-corrected chi connectivity index (χ3v) is 4.86. The Kier molecular flexibility index (Phi) is 4.38. The summed E-state index contributed by atoms with van der Waals surface area (Å²) in [6.07, 6.45) is 0. The molecule has 3 aromatic rings. The van der Waals surface area contributed by atoms with Crippen LogP contribution in [0.2, 0.25) is 0 Å². The number of aromatic amines is 1. The Bertz CT molecular complexity index is 1160. The normalized spacial score (nSPS) is 14.2. The minimum Gasteiger partial charge on any atom is -0.497 e. The SMILES string of the molecule is COc1ccc(N2C(=O)C(=O)N(CC(=O)c3c(C)[nH]c4ccccc34)C2=O)cc1. The first-order chi connectivity index (χ1) is 13.9. The zero-order valence-electron chi connectivity index (χ0n) is 15.8. The summed E-state index contributed by atoms with van der Waals surface area (Å²) < 4.78 is 5.05. The number of para-hydroxylation sites is 1. The Morgan fingerprint density at radius 2 is 1.69 bits per heavy atom. The van der Waals surface area contributed by atoms with Gasteiger partial charge in [0.25, 0.3) is 0 Å². The van der Waals surface area contributed by atoms with Crippen molar-refractivity contribution in [3.63, 3.8) is 0 Å². The predicted molar refractivity (Wildman–Crippen MR) is 105 cm³/mol. The van der Waals surface area contributed by atoms with Gasteiger partial charge < -0.3 is 9.72 Å². The molecule has 146 valence electrons. The number of hydrogen-bond donors (Lipinski definition) is 1. The third-order valence-electron chi connectivity index (χ3n) is 4.86. The molecule has 1 aliphatic heterocycles. The Labute approximate surface area is 165 Å². The van der Waals surface area contributed by atoms with Gasteiger partial charge in [-0.25, -0.2) is 14.6 Å². The maximum atomic E-state index is 12.9. The quantitative estimate of drug-likeness (QED) is 0.409. The van der Waals surface area contributed by atoms with Crippen molar-refractivity contribution >= 4 is 40.2 Å². The molecule has 1 saturated heterocycles. The Balaban J connectivity index is 1.62. The zero-order valence-corrected chi connectivity index (χ0v) is 15.8. The van der Waals surface area contributed by atoms with Crippen LogP contribution in [0.25, 0.3) is 10.9 Å². The summed E-state index contributed by atoms with van der Waals surface area (Å²) in [5, 5.41) is 0.701. The molecule has 2 aromatic carbocycles. The molecule has 1 aromatic heterocycles. The van der Waals surface area contributed by atoms with Gasteiger partial charge in [-0.3, -0.25) is 14.4 Å². The smallest absolute Gasteiger partial charge is 0.339 e. The molecule has 0 aliphatic carbocycles. The Morgan fingerprint density at radius 3 is 2.38 bits per heavy atom. The van der Waals surface area contributed by atoms with E-state index in [1.807, 2.05) is 12.1 Å². The fourth-order valence-corrected chi connectivity index (χ4v) is 3.46. The predicted octanol–water partition coefficient (Wildman–Crippen LogP) is 2.66. The van der Waals surface area contributed by atoms with Crippen molar-refractivity contribution in [1.29, 1.82) is 0 Å². The maximum Gasteiger partial charge on any atom is 0.339 e. The van der Waals surface area contributed by atoms with E-state index in [1.165, 1.54) is 19.2 Å². The minimum atomic E-state index is -1.03. The van der Waals surface area contributed by atoms with E-state index in [0.29, 0.717) is 27.3 Å². The van der Waals surface area contributed by atoms with Gasteiger partial charge in [-0.2, -0.15) is 0 Å². The fraction of sp³-hybridized carbons (Fsp3) is 0.143. The molecular weight excluding hydrogens is 374 g/mol. The van der Waals surface area contributed by atoms with Gasteiger partial charge in [-0.1, -0.05) is 18.2 Å². The van der Waals surface area contributed by atoms with Crippen LogP contribution in [0, 0.1) is 6.92 Å². The first-order valence-electron chi connectivity index (χ1n) is 8.87. The molecule has 0 bridgehead atoms. The number of amides is 4. The van der Waals surface area contributed by atoms with Crippen LogP contribution < -0.4 is 9.64 Å². The molecule has 0 unspecified atom stereocenters. The van der Waals surface area contributed by atoms with Crippen LogP contribution in [-0.2, 0) is 9.59 Å². The van der Waals surface area contributed by atoms with E-state index in [-0.39, 0.29) is 5.69 Å². The first kappa shape index (κ1) is 18.4. The molecule has 0 radical (unpaired) electrons. The number of hydrogen-bond acceptors (Lipinski definition) is 5. The number of carbonyl (C=O) groups is 4. The number of aromatic nitrogens is 1. The van der Waals surface area contributed by atoms with Crippen molar-refractivity contribution in [1.82, 2.24) is 9.88 Å². The molecular formula is C21H17N3O5. The van der Waals surface area contributed by atoms with E-state index in [9.17, 15) is 19.2 Å². The summed E-state index contributed by atoms with van der Waals surface area (Å²) in [6.45, 7) is 1.23. The number of fused-ring (bicyclic) bond motifs is 1. The van der Waals surface area contributed by atoms with Crippen molar-refractivity contribution < 1.29 is 23.9 Å². The van der Waals surface area contributed by atoms with Gasteiger partial charge in [0.2, 0.25) is 0 Å². The number of Topliss-reactive ketones (excluding diaryl/α,β-unsaturated/α-hetero) is 1. The maximum absolute atomic E-state index is 12.9. The van der Waals surface area contributed by atoms with Gasteiger partial charge in [0, 0.05) is 22.2 Å². The number of urea groups is 1. The second kappa shape index (κ2) is 6.90. The van der Waals surface area contributed by atoms with E-state index in [4.69, 9.17) is 4.74 Å². The van der Waals surface area contributed by atoms with Crippen molar-refractivity contribution in [3.05, 3.63) is 59.8 Å². The van der Waals surface area contributed by atoms with Crippen LogP contribution in [0.1, 0.15) is 16.1 Å². The molecule has 29 heavy (non-hydrogen) atoms. The summed E-state index contributed by atoms with van der Waals surface area (Å²) in [5.74, 6) is -1.91. The number of benzene rings is 2. The first-order valence-corrected chi connectivity index (χ1v) is 8.87. The molecule has 0 saturated carbocycles. The summed E-state index contributed by atoms with van der Waals surface area (Å²) in [7, 11) is 1.49. The van der Waals surface area contributed by atoms with Crippen molar-refractivity contribution in [3.8, 4) is 5.75 Å². The Morgan fingerprint density at radius 1 is 1.00 bits per heavy atom. The lowest BCUT2D eigenvalue weighted by molar-refractivity contribution is -0.139. The molecule has 2 heterocycles. The van der Waals surface area contributed by atoms with Crippen LogP contribution in [0.15, 0.2) is 48.5 Å². The van der Waals surface area contributed by atoms with Gasteiger partial charge in [0.05, 0.1) is 19.3 Å². The monoisotopic (exact) mass is 391 g/mol. The molecule has 0 atom stereocenters. The highest BCUT2D eigenvalue weighted by atomic mass is 16.5. The van der Waals surface area contributed by atoms with Crippen LogP contribution >= 0.6 is 0 Å². The molecule has 1 aliphatic rings. The van der Waals surface area contributed by atoms with Crippen LogP contribution in [0.5, 0.6) is 5.75 Å². The van der Waals surface area contributed by atoms with Crippen LogP contribution in [0.3, 0.4) is 0 Å². The standard InChI is InChI=1S/C21H17N3O5/c1-12-18(15-5-3-4-6-16(15)22-12)17(25)11-23-19(26)20(27)24(21(23)28)13-7-9-14(29-2)10-8-13/h3-10,22H,11H2,1-2H3. The number of ether oxygens (including phenoxy) is 1. The van der Waals surface area contributed by atoms with E-state index >= 15 is 0 Å². The summed E-state index contributed by atoms with van der Waals surface area (Å²) in [6, 6.07) is 12.5. The van der Waals surface area contributed by atoms with E-state index < -0.39 is 30.2 Å². The largest absolute Gasteiger partial charge is 0.497 e. The minimum absolute atomic E-state index is 0.229. The van der Waals surface area contributed by atoms with Crippen molar-refractivity contribution in [2.24, 2.45) is 0 Å². The highest BCUT2D eigenvalue weighted by Gasteiger charge is 2.46. The van der Waals surface area contributed by atoms with Crippen LogP contribution in [-0.4, -0.2) is 47.2 Å². The van der Waals surface area contributed by atoms with Gasteiger partial charge >= 0.3 is 17.8 Å². The molecule has 1 N–H and O–H groups in total. The average molecular weight is 391 g/mol. The van der Waals surface area contributed by atoms with Crippen LogP contribution in [0.4, 0.5) is 10.5 Å². The number of ketones is 1. The number of H-pyrrole nitrogens is 1. The van der Waals surface area contributed by atoms with Gasteiger partial charge in [-0.15, -0.1) is 0 Å². The zero-order chi connectivity index (χ0) is 20.7. The van der Waals surface area contributed by atoms with Crippen molar-refractivity contribution in [2.45, 2.75) is 6.92 Å². The average Bonchev–Trinajstić information content (AvgIpc) is 3.16. The second-order valence-electron chi connectivity index (χ2n) is 6.61. The highest BCUT2D eigenvalue weighted by molar-refractivity contribution is 6.53. The number of aryl methyl sites for hydroxylation is 1. The van der Waals surface area contributed by atoms with E-state index in [0.717, 1.165) is 10.4 Å². The number of anilines is 1. The highest BCUT2D eigenvalue weighted by Crippen LogP contribution is 2.26. The number of nitrogens with zero attached hydrogens (tertiary/aromatic N) is 2. The molecule has 1 fully saturated rings. The third kappa shape index (κ3) is 2.94. The Hall–Kier alpha value is -3.94. The lowest BCUT2D eigenvalue weighted by atomic mass is 10.1. The lowest BCUT2D eigenvalue weighted by Crippen LogP contribution is -2.37. The lowest BCUT2D eigenvalue weighted by Gasteiger charge is -2.15. The number of nitrogens with one attached hydrogen (secondary N) is 1. The fourth-order valence-electron chi connectivity index (χ4n) is 3.46. The number of methoxy groups -OCH3 is 1. The number of imide groups is 2. The number of rotatable bonds is 5. The summed E-state index contributed by atoms with van der Waals surface area (Å²) in [4.78, 5) is 55.0. The summed E-state index contributed by atoms with van der Waals surface area (Å²) in [5.41, 5.74) is 2.04. The molecule has 8 nitrogen and oxygen atoms in total. The molecule has 0 spiro atoms. The van der Waals surface area contributed by atoms with Gasteiger partial charge in [0.15, 0.2) is 5.78 Å². The van der Waals surface area contributed by atoms with E-state index in [2.05, 4.69) is 4.98 Å². The summed E-state index contributed by atoms with van der Waals surface area (Å²) >= 11 is 0. The van der Waals surface area contributed by atoms with E-state index in [1.54, 1.807) is 31.2 Å². The van der Waals surface area contributed by atoms with Gasteiger partial charge in [-0.05, 0) is 37.3 Å². The molecule has 4 amide bonds. The molecule has 8 heteroatoms. The van der Waals surface area contributed by atoms with Crippen molar-refractivity contribution in [2.75, 3.05) is 18.6 Å². The number of carbonyl (C=O) groups excluding carboxylic acids is 4. The second-order valence-corrected chi connectivity index (χ2v) is 6.61. The topological polar surface area (TPSA) is 99.8 Å².